The Morgan fingerprint density at radius 3 is 1.93 bits per heavy atom. The van der Waals surface area contributed by atoms with Crippen molar-refractivity contribution in [3.8, 4) is 0 Å². The number of carboxylic acids is 2. The van der Waals surface area contributed by atoms with Crippen LogP contribution in [0.1, 0.15) is 79.1 Å². The quantitative estimate of drug-likeness (QED) is 0.193. The van der Waals surface area contributed by atoms with Gasteiger partial charge >= 0.3 is 11.9 Å². The van der Waals surface area contributed by atoms with Crippen molar-refractivity contribution in [3.63, 3.8) is 0 Å². The van der Waals surface area contributed by atoms with E-state index in [1.165, 1.54) is 16.7 Å². The first-order valence-electron chi connectivity index (χ1n) is 10.4. The Morgan fingerprint density at radius 1 is 0.900 bits per heavy atom. The molecule has 0 aromatic heterocycles. The second kappa shape index (κ2) is 15.2. The highest BCUT2D eigenvalue weighted by molar-refractivity contribution is 5.94. The first-order valence-corrected chi connectivity index (χ1v) is 10.4. The molecule has 0 aromatic rings. The molecule has 6 nitrogen and oxygen atoms in total. The van der Waals surface area contributed by atoms with Crippen molar-refractivity contribution in [2.45, 2.75) is 85.1 Å². The van der Waals surface area contributed by atoms with E-state index in [9.17, 15) is 19.5 Å². The van der Waals surface area contributed by atoms with E-state index in [1.54, 1.807) is 0 Å². The van der Waals surface area contributed by atoms with Gasteiger partial charge in [-0.2, -0.15) is 0 Å². The zero-order valence-electron chi connectivity index (χ0n) is 18.8. The van der Waals surface area contributed by atoms with Gasteiger partial charge in [-0.05, 0) is 72.6 Å². The minimum Gasteiger partial charge on any atom is -0.480 e. The zero-order chi connectivity index (χ0) is 23.1. The molecule has 1 atom stereocenters. The van der Waals surface area contributed by atoms with Crippen LogP contribution in [0.4, 0.5) is 0 Å². The third kappa shape index (κ3) is 14.4. The number of carbonyl (C=O) groups is 3. The van der Waals surface area contributed by atoms with Crippen LogP contribution in [0.5, 0.6) is 0 Å². The van der Waals surface area contributed by atoms with Gasteiger partial charge in [-0.25, -0.2) is 9.59 Å². The number of aliphatic carboxylic acids is 2. The molecule has 0 bridgehead atoms. The molecule has 1 amide bonds. The van der Waals surface area contributed by atoms with Crippen molar-refractivity contribution in [2.75, 3.05) is 0 Å². The number of hydrogen-bond donors (Lipinski definition) is 3. The predicted molar refractivity (Wildman–Crippen MR) is 120 cm³/mol. The van der Waals surface area contributed by atoms with Gasteiger partial charge in [0, 0.05) is 5.57 Å². The SMILES string of the molecule is C=C(CC(=O)NC(CCCC=C(C)CCC=C(C)CCC=C(C)C)C(=O)O)C(=O)O. The van der Waals surface area contributed by atoms with Crippen molar-refractivity contribution >= 4 is 17.8 Å². The van der Waals surface area contributed by atoms with Crippen LogP contribution in [-0.4, -0.2) is 34.1 Å². The minimum absolute atomic E-state index is 0.267. The minimum atomic E-state index is -1.27. The molecule has 30 heavy (non-hydrogen) atoms. The van der Waals surface area contributed by atoms with Crippen LogP contribution in [0.15, 0.2) is 47.1 Å². The maximum atomic E-state index is 11.8. The van der Waals surface area contributed by atoms with E-state index in [1.807, 2.05) is 0 Å². The lowest BCUT2D eigenvalue weighted by molar-refractivity contribution is -0.142. The summed E-state index contributed by atoms with van der Waals surface area (Å²) >= 11 is 0. The monoisotopic (exact) mass is 419 g/mol. The van der Waals surface area contributed by atoms with Crippen molar-refractivity contribution in [1.82, 2.24) is 5.32 Å². The van der Waals surface area contributed by atoms with Crippen LogP contribution in [0.25, 0.3) is 0 Å². The van der Waals surface area contributed by atoms with Crippen LogP contribution in [0.2, 0.25) is 0 Å². The Kier molecular flexibility index (Phi) is 13.9. The molecule has 0 aromatic carbocycles. The van der Waals surface area contributed by atoms with Gasteiger partial charge in [-0.15, -0.1) is 0 Å². The van der Waals surface area contributed by atoms with E-state index in [0.717, 1.165) is 32.1 Å². The first-order chi connectivity index (χ1) is 14.0. The van der Waals surface area contributed by atoms with Crippen LogP contribution in [0, 0.1) is 0 Å². The molecule has 0 radical (unpaired) electrons. The fraction of sp³-hybridized carbons (Fsp3) is 0.542. The summed E-state index contributed by atoms with van der Waals surface area (Å²) in [6, 6.07) is -1.03. The smallest absolute Gasteiger partial charge is 0.331 e. The molecular formula is C24H37NO5. The van der Waals surface area contributed by atoms with Gasteiger partial charge in [0.05, 0.1) is 6.42 Å². The third-order valence-corrected chi connectivity index (χ3v) is 4.62. The lowest BCUT2D eigenvalue weighted by Crippen LogP contribution is -2.41. The van der Waals surface area contributed by atoms with Gasteiger partial charge in [-0.3, -0.25) is 4.79 Å². The van der Waals surface area contributed by atoms with Crippen molar-refractivity contribution in [3.05, 3.63) is 47.1 Å². The summed E-state index contributed by atoms with van der Waals surface area (Å²) in [5.41, 5.74) is 3.73. The van der Waals surface area contributed by atoms with E-state index in [4.69, 9.17) is 5.11 Å². The molecule has 0 spiro atoms. The lowest BCUT2D eigenvalue weighted by Gasteiger charge is -2.14. The Bertz CT molecular complexity index is 696. The maximum Gasteiger partial charge on any atom is 0.331 e. The van der Waals surface area contributed by atoms with Crippen molar-refractivity contribution in [2.24, 2.45) is 0 Å². The number of carbonyl (C=O) groups excluding carboxylic acids is 1. The normalized spacial score (nSPS) is 12.8. The third-order valence-electron chi connectivity index (χ3n) is 4.62. The summed E-state index contributed by atoms with van der Waals surface area (Å²) in [6.07, 6.45) is 12.0. The van der Waals surface area contributed by atoms with E-state index >= 15 is 0 Å². The number of allylic oxidation sites excluding steroid dienone is 6. The number of nitrogens with one attached hydrogen (secondary N) is 1. The second-order valence-electron chi connectivity index (χ2n) is 7.93. The molecule has 0 aliphatic heterocycles. The molecule has 1 unspecified atom stereocenters. The topological polar surface area (TPSA) is 104 Å². The Hall–Kier alpha value is -2.63. The molecule has 0 saturated heterocycles. The largest absolute Gasteiger partial charge is 0.480 e. The van der Waals surface area contributed by atoms with Gasteiger partial charge in [0.2, 0.25) is 5.91 Å². The van der Waals surface area contributed by atoms with Gasteiger partial charge in [0.25, 0.3) is 0 Å². The summed E-state index contributed by atoms with van der Waals surface area (Å²) in [6.45, 7) is 11.7. The summed E-state index contributed by atoms with van der Waals surface area (Å²) in [4.78, 5) is 33.8. The summed E-state index contributed by atoms with van der Waals surface area (Å²) in [7, 11) is 0. The summed E-state index contributed by atoms with van der Waals surface area (Å²) in [5.74, 6) is -3.04. The molecule has 168 valence electrons. The molecule has 6 heteroatoms. The fourth-order valence-corrected chi connectivity index (χ4v) is 2.78. The van der Waals surface area contributed by atoms with Crippen molar-refractivity contribution < 1.29 is 24.6 Å². The number of amides is 1. The molecule has 0 rings (SSSR count). The molecule has 0 aliphatic rings. The Labute approximate surface area is 180 Å². The molecule has 0 fully saturated rings. The van der Waals surface area contributed by atoms with E-state index in [0.29, 0.717) is 6.42 Å². The van der Waals surface area contributed by atoms with E-state index < -0.39 is 30.3 Å². The highest BCUT2D eigenvalue weighted by Crippen LogP contribution is 2.13. The zero-order valence-corrected chi connectivity index (χ0v) is 18.8. The van der Waals surface area contributed by atoms with E-state index in [-0.39, 0.29) is 12.0 Å². The number of hydrogen-bond acceptors (Lipinski definition) is 3. The Morgan fingerprint density at radius 2 is 1.43 bits per heavy atom. The van der Waals surface area contributed by atoms with Gasteiger partial charge in [-0.1, -0.05) is 41.5 Å². The standard InChI is InChI=1S/C24H37NO5/c1-17(2)10-8-12-19(4)14-9-13-18(3)11-6-7-15-21(24(29)30)25-22(26)16-20(5)23(27)28/h10-11,14,21H,5-9,12-13,15-16H2,1-4H3,(H,25,26)(H,27,28)(H,29,30). The number of rotatable bonds is 15. The molecule has 0 heterocycles. The van der Waals surface area contributed by atoms with Crippen LogP contribution in [-0.2, 0) is 14.4 Å². The average Bonchev–Trinajstić information content (AvgIpc) is 2.63. The molecular weight excluding hydrogens is 382 g/mol. The average molecular weight is 420 g/mol. The molecule has 0 aliphatic carbocycles. The van der Waals surface area contributed by atoms with Gasteiger partial charge < -0.3 is 15.5 Å². The van der Waals surface area contributed by atoms with Gasteiger partial charge in [0.15, 0.2) is 0 Å². The fourth-order valence-electron chi connectivity index (χ4n) is 2.78. The highest BCUT2D eigenvalue weighted by Gasteiger charge is 2.20. The van der Waals surface area contributed by atoms with Crippen LogP contribution >= 0.6 is 0 Å². The lowest BCUT2D eigenvalue weighted by atomic mass is 10.0. The number of carboxylic acid groups (broad SMARTS) is 2. The van der Waals surface area contributed by atoms with E-state index in [2.05, 4.69) is 57.8 Å². The molecule has 3 N–H and O–H groups in total. The summed E-state index contributed by atoms with van der Waals surface area (Å²) < 4.78 is 0. The summed E-state index contributed by atoms with van der Waals surface area (Å²) in [5, 5.41) is 20.4. The second-order valence-corrected chi connectivity index (χ2v) is 7.93. The maximum absolute atomic E-state index is 11.8. The van der Waals surface area contributed by atoms with Crippen LogP contribution < -0.4 is 5.32 Å². The Balaban J connectivity index is 4.30. The van der Waals surface area contributed by atoms with Crippen LogP contribution in [0.3, 0.4) is 0 Å². The highest BCUT2D eigenvalue weighted by atomic mass is 16.4. The predicted octanol–water partition coefficient (Wildman–Crippen LogP) is 5.18. The van der Waals surface area contributed by atoms with Gasteiger partial charge in [0.1, 0.15) is 6.04 Å². The molecule has 0 saturated carbocycles. The number of unbranched alkanes of at least 4 members (excludes halogenated alkanes) is 1. The first kappa shape index (κ1) is 27.4. The van der Waals surface area contributed by atoms with Crippen molar-refractivity contribution in [1.29, 1.82) is 0 Å².